The number of rotatable bonds is 3. The van der Waals surface area contributed by atoms with Gasteiger partial charge in [0.2, 0.25) is 0 Å². The molecule has 1 atom stereocenters. The van der Waals surface area contributed by atoms with Crippen LogP contribution < -0.4 is 0 Å². The van der Waals surface area contributed by atoms with Crippen molar-refractivity contribution in [3.63, 3.8) is 0 Å². The van der Waals surface area contributed by atoms with Gasteiger partial charge in [0, 0.05) is 11.1 Å². The Hall–Kier alpha value is -1.16. The average Bonchev–Trinajstić information content (AvgIpc) is 2.76. The van der Waals surface area contributed by atoms with Gasteiger partial charge in [-0.1, -0.05) is 6.08 Å². The van der Waals surface area contributed by atoms with Crippen molar-refractivity contribution < 1.29 is 9.53 Å². The first-order valence-corrected chi connectivity index (χ1v) is 6.87. The van der Waals surface area contributed by atoms with Crippen molar-refractivity contribution in [3.05, 3.63) is 22.2 Å². The van der Waals surface area contributed by atoms with Gasteiger partial charge in [-0.25, -0.2) is 4.98 Å². The van der Waals surface area contributed by atoms with Crippen molar-refractivity contribution in [2.24, 2.45) is 5.92 Å². The molecule has 4 heteroatoms. The van der Waals surface area contributed by atoms with E-state index in [2.05, 4.69) is 16.4 Å². The molecule has 3 nitrogen and oxygen atoms in total. The van der Waals surface area contributed by atoms with Crippen LogP contribution in [0.25, 0.3) is 5.57 Å². The molecule has 1 aliphatic rings. The lowest BCUT2D eigenvalue weighted by Gasteiger charge is -2.19. The molecule has 0 saturated carbocycles. The molecule has 0 aromatic carbocycles. The maximum absolute atomic E-state index is 11.6. The fourth-order valence-electron chi connectivity index (χ4n) is 2.00. The summed E-state index contributed by atoms with van der Waals surface area (Å²) in [5, 5.41) is 3.16. The topological polar surface area (TPSA) is 39.2 Å². The van der Waals surface area contributed by atoms with Crippen molar-refractivity contribution in [1.29, 1.82) is 0 Å². The Balaban J connectivity index is 2.00. The minimum Gasteiger partial charge on any atom is -0.466 e. The first kappa shape index (κ1) is 12.3. The van der Waals surface area contributed by atoms with Gasteiger partial charge in [0.1, 0.15) is 5.01 Å². The van der Waals surface area contributed by atoms with Crippen molar-refractivity contribution in [1.82, 2.24) is 4.98 Å². The Kier molecular flexibility index (Phi) is 3.94. The Bertz CT molecular complexity index is 436. The van der Waals surface area contributed by atoms with E-state index in [0.29, 0.717) is 6.61 Å². The second-order valence-electron chi connectivity index (χ2n) is 4.25. The van der Waals surface area contributed by atoms with E-state index < -0.39 is 0 Å². The Morgan fingerprint density at radius 2 is 2.47 bits per heavy atom. The third kappa shape index (κ3) is 2.94. The van der Waals surface area contributed by atoms with E-state index in [1.165, 1.54) is 5.57 Å². The number of ether oxygens (including phenoxy) is 1. The molecular formula is C13H17NO2S. The monoisotopic (exact) mass is 251 g/mol. The van der Waals surface area contributed by atoms with E-state index >= 15 is 0 Å². The first-order chi connectivity index (χ1) is 8.20. The summed E-state index contributed by atoms with van der Waals surface area (Å²) in [6.45, 7) is 4.32. The number of thiazole rings is 1. The fourth-order valence-corrected chi connectivity index (χ4v) is 2.87. The van der Waals surface area contributed by atoms with E-state index in [1.54, 1.807) is 11.3 Å². The molecule has 0 fully saturated rings. The number of hydrogen-bond acceptors (Lipinski definition) is 4. The van der Waals surface area contributed by atoms with Crippen LogP contribution in [0.2, 0.25) is 0 Å². The fraction of sp³-hybridized carbons (Fsp3) is 0.538. The lowest BCUT2D eigenvalue weighted by Crippen LogP contribution is -2.19. The zero-order valence-corrected chi connectivity index (χ0v) is 11.0. The van der Waals surface area contributed by atoms with E-state index in [-0.39, 0.29) is 11.9 Å². The average molecular weight is 251 g/mol. The largest absolute Gasteiger partial charge is 0.466 e. The highest BCUT2D eigenvalue weighted by Gasteiger charge is 2.23. The van der Waals surface area contributed by atoms with Crippen LogP contribution in [-0.4, -0.2) is 17.6 Å². The lowest BCUT2D eigenvalue weighted by atomic mass is 9.90. The van der Waals surface area contributed by atoms with Gasteiger partial charge in [-0.3, -0.25) is 4.79 Å². The molecule has 0 amide bonds. The second-order valence-corrected chi connectivity index (χ2v) is 5.10. The summed E-state index contributed by atoms with van der Waals surface area (Å²) in [6.07, 6.45) is 4.73. The molecular weight excluding hydrogens is 234 g/mol. The molecule has 0 saturated heterocycles. The van der Waals surface area contributed by atoms with Crippen LogP contribution in [0, 0.1) is 12.8 Å². The number of hydrogen-bond donors (Lipinski definition) is 0. The molecule has 92 valence electrons. The first-order valence-electron chi connectivity index (χ1n) is 5.99. The number of aromatic nitrogens is 1. The van der Waals surface area contributed by atoms with Crippen LogP contribution in [0.15, 0.2) is 11.5 Å². The predicted molar refractivity (Wildman–Crippen MR) is 68.8 cm³/mol. The molecule has 17 heavy (non-hydrogen) atoms. The van der Waals surface area contributed by atoms with Gasteiger partial charge in [-0.2, -0.15) is 0 Å². The van der Waals surface area contributed by atoms with Crippen molar-refractivity contribution >= 4 is 22.9 Å². The van der Waals surface area contributed by atoms with E-state index in [1.807, 2.05) is 13.8 Å². The summed E-state index contributed by atoms with van der Waals surface area (Å²) in [6, 6.07) is 0. The third-order valence-electron chi connectivity index (χ3n) is 2.92. The van der Waals surface area contributed by atoms with Crippen LogP contribution in [0.4, 0.5) is 0 Å². The molecule has 0 spiro atoms. The molecule has 1 aliphatic carbocycles. The number of allylic oxidation sites excluding steroid dienone is 2. The minimum atomic E-state index is -0.0573. The zero-order valence-electron chi connectivity index (χ0n) is 10.2. The molecule has 1 aromatic rings. The Morgan fingerprint density at radius 3 is 3.00 bits per heavy atom. The Labute approximate surface area is 106 Å². The van der Waals surface area contributed by atoms with Gasteiger partial charge in [0.25, 0.3) is 0 Å². The van der Waals surface area contributed by atoms with Gasteiger partial charge >= 0.3 is 5.97 Å². The highest BCUT2D eigenvalue weighted by Crippen LogP contribution is 2.32. The number of nitrogens with zero attached hydrogens (tertiary/aromatic N) is 1. The maximum Gasteiger partial charge on any atom is 0.309 e. The van der Waals surface area contributed by atoms with Crippen molar-refractivity contribution in [3.8, 4) is 0 Å². The molecule has 2 rings (SSSR count). The van der Waals surface area contributed by atoms with Gasteiger partial charge in [0.15, 0.2) is 0 Å². The van der Waals surface area contributed by atoms with Crippen LogP contribution in [0.3, 0.4) is 0 Å². The van der Waals surface area contributed by atoms with Gasteiger partial charge in [-0.05, 0) is 38.7 Å². The summed E-state index contributed by atoms with van der Waals surface area (Å²) >= 11 is 1.68. The molecule has 0 radical (unpaired) electrons. The zero-order chi connectivity index (χ0) is 12.3. The minimum absolute atomic E-state index is 0.0414. The van der Waals surface area contributed by atoms with Crippen molar-refractivity contribution in [2.45, 2.75) is 33.1 Å². The summed E-state index contributed by atoms with van der Waals surface area (Å²) in [7, 11) is 0. The Morgan fingerprint density at radius 1 is 1.65 bits per heavy atom. The number of esters is 1. The van der Waals surface area contributed by atoms with Crippen molar-refractivity contribution in [2.75, 3.05) is 6.61 Å². The highest BCUT2D eigenvalue weighted by molar-refractivity contribution is 7.10. The highest BCUT2D eigenvalue weighted by atomic mass is 32.1. The summed E-state index contributed by atoms with van der Waals surface area (Å²) in [4.78, 5) is 16.1. The normalized spacial score (nSPS) is 19.9. The lowest BCUT2D eigenvalue weighted by molar-refractivity contribution is -0.148. The number of carbonyl (C=O) groups excluding carboxylic acids is 1. The number of carbonyl (C=O) groups is 1. The number of aryl methyl sites for hydroxylation is 1. The van der Waals surface area contributed by atoms with Crippen LogP contribution >= 0.6 is 11.3 Å². The molecule has 0 aliphatic heterocycles. The predicted octanol–water partition coefficient (Wildman–Crippen LogP) is 3.20. The van der Waals surface area contributed by atoms with Gasteiger partial charge in [-0.15, -0.1) is 11.3 Å². The quantitative estimate of drug-likeness (QED) is 0.774. The van der Waals surface area contributed by atoms with E-state index in [4.69, 9.17) is 4.74 Å². The molecule has 1 aromatic heterocycles. The molecule has 1 heterocycles. The maximum atomic E-state index is 11.6. The standard InChI is InChI=1S/C13H17NO2S/c1-3-16-13(15)11-6-4-10(5-7-11)12-14-9(2)8-17-12/h4,8,11H,3,5-7H2,1-2H3. The summed E-state index contributed by atoms with van der Waals surface area (Å²) in [5.74, 6) is -0.0159. The molecule has 1 unspecified atom stereocenters. The summed E-state index contributed by atoms with van der Waals surface area (Å²) in [5.41, 5.74) is 2.35. The van der Waals surface area contributed by atoms with Crippen LogP contribution in [0.1, 0.15) is 36.9 Å². The van der Waals surface area contributed by atoms with Gasteiger partial charge < -0.3 is 4.74 Å². The van der Waals surface area contributed by atoms with E-state index in [9.17, 15) is 4.79 Å². The summed E-state index contributed by atoms with van der Waals surface area (Å²) < 4.78 is 5.05. The van der Waals surface area contributed by atoms with Crippen LogP contribution in [0.5, 0.6) is 0 Å². The molecule has 0 N–H and O–H groups in total. The second kappa shape index (κ2) is 5.45. The SMILES string of the molecule is CCOC(=O)C1CC=C(c2nc(C)cs2)CC1. The van der Waals surface area contributed by atoms with E-state index in [0.717, 1.165) is 30.0 Å². The molecule has 0 bridgehead atoms. The smallest absolute Gasteiger partial charge is 0.309 e. The van der Waals surface area contributed by atoms with Crippen LogP contribution in [-0.2, 0) is 9.53 Å². The van der Waals surface area contributed by atoms with Gasteiger partial charge in [0.05, 0.1) is 12.5 Å². The third-order valence-corrected chi connectivity index (χ3v) is 3.96.